The Balaban J connectivity index is 1.45. The van der Waals surface area contributed by atoms with E-state index in [1.807, 2.05) is 24.3 Å². The summed E-state index contributed by atoms with van der Waals surface area (Å²) in [6.45, 7) is 1.55. The second kappa shape index (κ2) is 10.6. The third kappa shape index (κ3) is 5.75. The molecular formula is C24H26FNO4S2. The van der Waals surface area contributed by atoms with Crippen molar-refractivity contribution in [1.82, 2.24) is 4.31 Å². The van der Waals surface area contributed by atoms with Gasteiger partial charge < -0.3 is 9.47 Å². The summed E-state index contributed by atoms with van der Waals surface area (Å²) in [7, 11) is -3.62. The van der Waals surface area contributed by atoms with Crippen LogP contribution in [0.1, 0.15) is 24.0 Å². The molecule has 0 unspecified atom stereocenters. The maximum Gasteiger partial charge on any atom is 0.252 e. The summed E-state index contributed by atoms with van der Waals surface area (Å²) in [5.41, 5.74) is 1.43. The highest BCUT2D eigenvalue weighted by atomic mass is 32.2. The molecule has 2 aromatic carbocycles. The van der Waals surface area contributed by atoms with Gasteiger partial charge in [0.15, 0.2) is 0 Å². The van der Waals surface area contributed by atoms with E-state index in [4.69, 9.17) is 9.47 Å². The number of nitrogens with zero attached hydrogens (tertiary/aromatic N) is 1. The van der Waals surface area contributed by atoms with Crippen molar-refractivity contribution in [3.8, 4) is 5.75 Å². The highest BCUT2D eigenvalue weighted by molar-refractivity contribution is 7.91. The van der Waals surface area contributed by atoms with E-state index in [1.54, 1.807) is 35.7 Å². The van der Waals surface area contributed by atoms with E-state index in [-0.39, 0.29) is 18.5 Å². The first kappa shape index (κ1) is 22.9. The number of hydrogen-bond donors (Lipinski definition) is 0. The maximum absolute atomic E-state index is 13.8. The van der Waals surface area contributed by atoms with Crippen molar-refractivity contribution in [3.05, 3.63) is 83.0 Å². The van der Waals surface area contributed by atoms with Crippen LogP contribution in [0.15, 0.2) is 70.3 Å². The summed E-state index contributed by atoms with van der Waals surface area (Å²) < 4.78 is 53.6. The summed E-state index contributed by atoms with van der Waals surface area (Å²) in [5, 5.41) is 1.77. The van der Waals surface area contributed by atoms with Gasteiger partial charge in [-0.05, 0) is 53.6 Å². The Hall–Kier alpha value is -2.26. The van der Waals surface area contributed by atoms with Gasteiger partial charge in [-0.15, -0.1) is 11.3 Å². The molecule has 0 radical (unpaired) electrons. The molecule has 1 saturated heterocycles. The van der Waals surface area contributed by atoms with Crippen molar-refractivity contribution in [1.29, 1.82) is 0 Å². The first-order valence-corrected chi connectivity index (χ1v) is 12.9. The first-order chi connectivity index (χ1) is 15.5. The topological polar surface area (TPSA) is 55.8 Å². The molecular weight excluding hydrogens is 449 g/mol. The summed E-state index contributed by atoms with van der Waals surface area (Å²) in [6.07, 6.45) is 2.16. The lowest BCUT2D eigenvalue weighted by atomic mass is 10.1. The number of rotatable bonds is 10. The van der Waals surface area contributed by atoms with Crippen molar-refractivity contribution in [2.45, 2.75) is 36.1 Å². The Kier molecular flexibility index (Phi) is 7.57. The number of benzene rings is 2. The quantitative estimate of drug-likeness (QED) is 0.419. The zero-order valence-electron chi connectivity index (χ0n) is 17.7. The van der Waals surface area contributed by atoms with Gasteiger partial charge in [0.1, 0.15) is 15.8 Å². The highest BCUT2D eigenvalue weighted by Gasteiger charge is 2.30. The zero-order chi connectivity index (χ0) is 22.4. The second-order valence-electron chi connectivity index (χ2n) is 7.70. The van der Waals surface area contributed by atoms with Crippen molar-refractivity contribution in [2.75, 3.05) is 19.8 Å². The predicted molar refractivity (Wildman–Crippen MR) is 123 cm³/mol. The average molecular weight is 476 g/mol. The zero-order valence-corrected chi connectivity index (χ0v) is 19.3. The van der Waals surface area contributed by atoms with Crippen LogP contribution in [-0.4, -0.2) is 38.6 Å². The van der Waals surface area contributed by atoms with Gasteiger partial charge in [-0.2, -0.15) is 4.31 Å². The third-order valence-electron chi connectivity index (χ3n) is 5.38. The number of ether oxygens (including phenoxy) is 2. The molecule has 2 heterocycles. The first-order valence-electron chi connectivity index (χ1n) is 10.6. The largest absolute Gasteiger partial charge is 0.493 e. The van der Waals surface area contributed by atoms with Crippen LogP contribution in [0.2, 0.25) is 0 Å². The monoisotopic (exact) mass is 475 g/mol. The Morgan fingerprint density at radius 1 is 1.12 bits per heavy atom. The van der Waals surface area contributed by atoms with Crippen LogP contribution in [0, 0.1) is 5.82 Å². The molecule has 0 spiro atoms. The van der Waals surface area contributed by atoms with E-state index < -0.39 is 10.0 Å². The van der Waals surface area contributed by atoms with E-state index in [1.165, 1.54) is 21.7 Å². The molecule has 3 aromatic rings. The standard InChI is InChI=1S/C24H26FNO4S2/c25-23-10-2-1-7-20(23)12-14-30-21-8-3-6-19(16-21)17-26(18-22-9-4-13-29-22)32(27,28)24-11-5-15-31-24/h1-3,5-8,10-11,15-16,22H,4,9,12-14,17-18H2/t22-/m1/s1. The number of hydrogen-bond acceptors (Lipinski definition) is 5. The van der Waals surface area contributed by atoms with Gasteiger partial charge in [0, 0.05) is 26.1 Å². The molecule has 0 aliphatic carbocycles. The Morgan fingerprint density at radius 2 is 2.00 bits per heavy atom. The van der Waals surface area contributed by atoms with Gasteiger partial charge in [0.25, 0.3) is 10.0 Å². The van der Waals surface area contributed by atoms with Gasteiger partial charge in [0.2, 0.25) is 0 Å². The third-order valence-corrected chi connectivity index (χ3v) is 8.56. The highest BCUT2D eigenvalue weighted by Crippen LogP contribution is 2.26. The fraction of sp³-hybridized carbons (Fsp3) is 0.333. The number of sulfonamides is 1. The number of halogens is 1. The molecule has 1 atom stereocenters. The summed E-state index contributed by atoms with van der Waals surface area (Å²) >= 11 is 1.21. The fourth-order valence-electron chi connectivity index (χ4n) is 3.72. The van der Waals surface area contributed by atoms with Crippen molar-refractivity contribution >= 4 is 21.4 Å². The molecule has 1 aliphatic heterocycles. The molecule has 0 N–H and O–H groups in total. The Bertz CT molecular complexity index is 1110. The van der Waals surface area contributed by atoms with Crippen LogP contribution in [0.3, 0.4) is 0 Å². The Morgan fingerprint density at radius 3 is 2.75 bits per heavy atom. The molecule has 170 valence electrons. The minimum absolute atomic E-state index is 0.0926. The van der Waals surface area contributed by atoms with Gasteiger partial charge >= 0.3 is 0 Å². The maximum atomic E-state index is 13.8. The number of thiophene rings is 1. The molecule has 32 heavy (non-hydrogen) atoms. The lowest BCUT2D eigenvalue weighted by Gasteiger charge is -2.24. The van der Waals surface area contributed by atoms with Gasteiger partial charge in [-0.3, -0.25) is 0 Å². The summed E-state index contributed by atoms with van der Waals surface area (Å²) in [6, 6.07) is 17.4. The van der Waals surface area contributed by atoms with Crippen molar-refractivity contribution in [2.24, 2.45) is 0 Å². The van der Waals surface area contributed by atoms with E-state index in [0.29, 0.717) is 41.7 Å². The summed E-state index contributed by atoms with van der Waals surface area (Å²) in [4.78, 5) is 0. The fourth-order valence-corrected chi connectivity index (χ4v) is 6.32. The van der Waals surface area contributed by atoms with E-state index in [0.717, 1.165) is 18.4 Å². The van der Waals surface area contributed by atoms with E-state index in [9.17, 15) is 12.8 Å². The minimum Gasteiger partial charge on any atom is -0.493 e. The Labute approximate surface area is 192 Å². The van der Waals surface area contributed by atoms with Crippen molar-refractivity contribution in [3.63, 3.8) is 0 Å². The van der Waals surface area contributed by atoms with E-state index >= 15 is 0 Å². The van der Waals surface area contributed by atoms with Gasteiger partial charge in [0.05, 0.1) is 12.7 Å². The summed E-state index contributed by atoms with van der Waals surface area (Å²) in [5.74, 6) is 0.387. The minimum atomic E-state index is -3.62. The molecule has 8 heteroatoms. The molecule has 5 nitrogen and oxygen atoms in total. The van der Waals surface area contributed by atoms with Crippen LogP contribution in [0.5, 0.6) is 5.75 Å². The van der Waals surface area contributed by atoms with Gasteiger partial charge in [-0.25, -0.2) is 12.8 Å². The SMILES string of the molecule is O=S(=O)(c1cccs1)N(Cc1cccc(OCCc2ccccc2F)c1)C[C@H]1CCCO1. The molecule has 0 saturated carbocycles. The van der Waals surface area contributed by atoms with Gasteiger partial charge in [-0.1, -0.05) is 36.4 Å². The lowest BCUT2D eigenvalue weighted by Crippen LogP contribution is -2.36. The molecule has 0 bridgehead atoms. The van der Waals surface area contributed by atoms with Crippen LogP contribution in [0.25, 0.3) is 0 Å². The predicted octanol–water partition coefficient (Wildman–Crippen LogP) is 4.88. The smallest absolute Gasteiger partial charge is 0.252 e. The van der Waals surface area contributed by atoms with Crippen molar-refractivity contribution < 1.29 is 22.3 Å². The molecule has 4 rings (SSSR count). The molecule has 0 amide bonds. The van der Waals surface area contributed by atoms with Crippen LogP contribution in [-0.2, 0) is 27.7 Å². The molecule has 1 aliphatic rings. The molecule has 1 fully saturated rings. The van der Waals surface area contributed by atoms with Crippen LogP contribution in [0.4, 0.5) is 4.39 Å². The van der Waals surface area contributed by atoms with Crippen LogP contribution >= 0.6 is 11.3 Å². The second-order valence-corrected chi connectivity index (χ2v) is 10.8. The van der Waals surface area contributed by atoms with Crippen LogP contribution < -0.4 is 4.74 Å². The normalized spacial score (nSPS) is 16.5. The molecule has 1 aromatic heterocycles. The average Bonchev–Trinajstić information content (AvgIpc) is 3.50. The lowest BCUT2D eigenvalue weighted by molar-refractivity contribution is 0.0926. The van der Waals surface area contributed by atoms with E-state index in [2.05, 4.69) is 0 Å².